The zero-order chi connectivity index (χ0) is 14.6. The molecule has 7 heteroatoms. The Bertz CT molecular complexity index is 461. The van der Waals surface area contributed by atoms with Crippen LogP contribution in [0.1, 0.15) is 25.3 Å². The van der Waals surface area contributed by atoms with E-state index in [1.165, 1.54) is 6.07 Å². The second kappa shape index (κ2) is 6.25. The van der Waals surface area contributed by atoms with Crippen molar-refractivity contribution < 1.29 is 18.0 Å². The van der Waals surface area contributed by atoms with E-state index >= 15 is 0 Å². The molecule has 1 amide bonds. The number of nitrogens with one attached hydrogen (secondary N) is 1. The van der Waals surface area contributed by atoms with Crippen LogP contribution < -0.4 is 11.1 Å². The van der Waals surface area contributed by atoms with Gasteiger partial charge in [0.25, 0.3) is 0 Å². The van der Waals surface area contributed by atoms with Crippen molar-refractivity contribution in [2.24, 2.45) is 5.73 Å². The van der Waals surface area contributed by atoms with Crippen molar-refractivity contribution in [3.8, 4) is 0 Å². The van der Waals surface area contributed by atoms with Crippen LogP contribution in [0.15, 0.2) is 18.2 Å². The Labute approximate surface area is 113 Å². The summed E-state index contributed by atoms with van der Waals surface area (Å²) in [7, 11) is 0. The SMILES string of the molecule is CC(N)CCC(=O)Nc1ccc(Cl)cc1C(F)(F)F. The normalized spacial score (nSPS) is 13.2. The van der Waals surface area contributed by atoms with Crippen LogP contribution in [0.2, 0.25) is 5.02 Å². The Morgan fingerprint density at radius 1 is 1.47 bits per heavy atom. The lowest BCUT2D eigenvalue weighted by molar-refractivity contribution is -0.137. The zero-order valence-electron chi connectivity index (χ0n) is 10.2. The van der Waals surface area contributed by atoms with Crippen molar-refractivity contribution in [1.82, 2.24) is 0 Å². The van der Waals surface area contributed by atoms with Gasteiger partial charge >= 0.3 is 6.18 Å². The monoisotopic (exact) mass is 294 g/mol. The number of carbonyl (C=O) groups is 1. The molecule has 1 aromatic rings. The zero-order valence-corrected chi connectivity index (χ0v) is 11.0. The van der Waals surface area contributed by atoms with Crippen molar-refractivity contribution in [3.05, 3.63) is 28.8 Å². The number of alkyl halides is 3. The lowest BCUT2D eigenvalue weighted by Gasteiger charge is -2.14. The summed E-state index contributed by atoms with van der Waals surface area (Å²) in [6, 6.07) is 3.02. The highest BCUT2D eigenvalue weighted by molar-refractivity contribution is 6.30. The average Bonchev–Trinajstić information content (AvgIpc) is 2.27. The molecule has 0 aliphatic rings. The molecule has 1 aromatic carbocycles. The van der Waals surface area contributed by atoms with Gasteiger partial charge in [-0.2, -0.15) is 13.2 Å². The van der Waals surface area contributed by atoms with Crippen molar-refractivity contribution in [1.29, 1.82) is 0 Å². The minimum absolute atomic E-state index is 0.0408. The van der Waals surface area contributed by atoms with Gasteiger partial charge in [-0.15, -0.1) is 0 Å². The number of carbonyl (C=O) groups excluding carboxylic acids is 1. The largest absolute Gasteiger partial charge is 0.418 e. The average molecular weight is 295 g/mol. The number of nitrogens with two attached hydrogens (primary N) is 1. The number of rotatable bonds is 4. The van der Waals surface area contributed by atoms with Crippen LogP contribution in [0.25, 0.3) is 0 Å². The highest BCUT2D eigenvalue weighted by Crippen LogP contribution is 2.36. The highest BCUT2D eigenvalue weighted by Gasteiger charge is 2.34. The second-order valence-electron chi connectivity index (χ2n) is 4.25. The molecule has 0 saturated heterocycles. The van der Waals surface area contributed by atoms with E-state index < -0.39 is 17.6 Å². The molecular formula is C12H14ClF3N2O. The summed E-state index contributed by atoms with van der Waals surface area (Å²) in [6.45, 7) is 1.72. The maximum atomic E-state index is 12.8. The van der Waals surface area contributed by atoms with E-state index in [4.69, 9.17) is 17.3 Å². The van der Waals surface area contributed by atoms with E-state index in [1.54, 1.807) is 6.92 Å². The van der Waals surface area contributed by atoms with E-state index in [2.05, 4.69) is 5.32 Å². The lowest BCUT2D eigenvalue weighted by atomic mass is 10.1. The van der Waals surface area contributed by atoms with E-state index in [-0.39, 0.29) is 23.2 Å². The molecule has 1 unspecified atom stereocenters. The van der Waals surface area contributed by atoms with E-state index in [0.29, 0.717) is 6.42 Å². The third-order valence-corrected chi connectivity index (χ3v) is 2.62. The fraction of sp³-hybridized carbons (Fsp3) is 0.417. The predicted molar refractivity (Wildman–Crippen MR) is 68.0 cm³/mol. The molecule has 0 aliphatic heterocycles. The summed E-state index contributed by atoms with van der Waals surface area (Å²) in [6.07, 6.45) is -4.10. The summed E-state index contributed by atoms with van der Waals surface area (Å²) in [5, 5.41) is 2.19. The molecule has 3 N–H and O–H groups in total. The van der Waals surface area contributed by atoms with E-state index in [9.17, 15) is 18.0 Å². The second-order valence-corrected chi connectivity index (χ2v) is 4.69. The molecule has 0 fully saturated rings. The minimum atomic E-state index is -4.57. The Kier molecular flexibility index (Phi) is 5.20. The molecule has 0 saturated carbocycles. The fourth-order valence-electron chi connectivity index (χ4n) is 1.43. The van der Waals surface area contributed by atoms with Gasteiger partial charge in [-0.3, -0.25) is 4.79 Å². The first-order valence-electron chi connectivity index (χ1n) is 5.62. The molecule has 0 aliphatic carbocycles. The molecule has 0 heterocycles. The van der Waals surface area contributed by atoms with Crippen LogP contribution in [0.4, 0.5) is 18.9 Å². The minimum Gasteiger partial charge on any atom is -0.328 e. The van der Waals surface area contributed by atoms with Gasteiger partial charge < -0.3 is 11.1 Å². The first-order valence-corrected chi connectivity index (χ1v) is 6.00. The number of halogens is 4. The van der Waals surface area contributed by atoms with E-state index in [0.717, 1.165) is 12.1 Å². The standard InChI is InChI=1S/C12H14ClF3N2O/c1-7(17)2-5-11(19)18-10-4-3-8(13)6-9(10)12(14,15)16/h3-4,6-7H,2,5,17H2,1H3,(H,18,19). The molecule has 3 nitrogen and oxygen atoms in total. The van der Waals surface area contributed by atoms with Gasteiger partial charge in [0, 0.05) is 17.5 Å². The molecule has 0 spiro atoms. The van der Waals surface area contributed by atoms with Gasteiger partial charge in [-0.25, -0.2) is 0 Å². The van der Waals surface area contributed by atoms with Crippen molar-refractivity contribution in [3.63, 3.8) is 0 Å². The summed E-state index contributed by atoms with van der Waals surface area (Å²) in [4.78, 5) is 11.5. The number of hydrogen-bond donors (Lipinski definition) is 2. The van der Waals surface area contributed by atoms with Crippen LogP contribution in [-0.4, -0.2) is 11.9 Å². The molecule has 1 atom stereocenters. The Hall–Kier alpha value is -1.27. The smallest absolute Gasteiger partial charge is 0.328 e. The summed E-state index contributed by atoms with van der Waals surface area (Å²) in [5.74, 6) is -0.509. The molecule has 0 radical (unpaired) electrons. The molecule has 0 aromatic heterocycles. The maximum absolute atomic E-state index is 12.8. The molecule has 19 heavy (non-hydrogen) atoms. The fourth-order valence-corrected chi connectivity index (χ4v) is 1.60. The van der Waals surface area contributed by atoms with Crippen molar-refractivity contribution in [2.45, 2.75) is 32.0 Å². The van der Waals surface area contributed by atoms with Crippen LogP contribution in [0.3, 0.4) is 0 Å². The predicted octanol–water partition coefficient (Wildman–Crippen LogP) is 3.42. The van der Waals surface area contributed by atoms with Gasteiger partial charge in [0.05, 0.1) is 11.3 Å². The van der Waals surface area contributed by atoms with Crippen LogP contribution >= 0.6 is 11.6 Å². The molecular weight excluding hydrogens is 281 g/mol. The third kappa shape index (κ3) is 5.08. The van der Waals surface area contributed by atoms with Crippen molar-refractivity contribution in [2.75, 3.05) is 5.32 Å². The third-order valence-electron chi connectivity index (χ3n) is 2.39. The maximum Gasteiger partial charge on any atom is 0.418 e. The summed E-state index contributed by atoms with van der Waals surface area (Å²) in [5.41, 5.74) is 4.21. The number of amides is 1. The Balaban J connectivity index is 2.86. The van der Waals surface area contributed by atoms with Crippen molar-refractivity contribution >= 4 is 23.2 Å². The van der Waals surface area contributed by atoms with Crippen LogP contribution in [-0.2, 0) is 11.0 Å². The summed E-state index contributed by atoms with van der Waals surface area (Å²) >= 11 is 5.53. The van der Waals surface area contributed by atoms with Crippen LogP contribution in [0, 0.1) is 0 Å². The first kappa shape index (κ1) is 15.8. The highest BCUT2D eigenvalue weighted by atomic mass is 35.5. The lowest BCUT2D eigenvalue weighted by Crippen LogP contribution is -2.20. The number of benzene rings is 1. The van der Waals surface area contributed by atoms with Gasteiger partial charge in [0.2, 0.25) is 5.91 Å². The topological polar surface area (TPSA) is 55.1 Å². The Morgan fingerprint density at radius 3 is 2.63 bits per heavy atom. The quantitative estimate of drug-likeness (QED) is 0.894. The molecule has 0 bridgehead atoms. The summed E-state index contributed by atoms with van der Waals surface area (Å²) < 4.78 is 38.3. The number of hydrogen-bond acceptors (Lipinski definition) is 2. The Morgan fingerprint density at radius 2 is 2.11 bits per heavy atom. The first-order chi connectivity index (χ1) is 8.70. The van der Waals surface area contributed by atoms with Gasteiger partial charge in [-0.05, 0) is 31.5 Å². The van der Waals surface area contributed by atoms with Gasteiger partial charge in [0.15, 0.2) is 0 Å². The number of anilines is 1. The molecule has 106 valence electrons. The molecule has 1 rings (SSSR count). The van der Waals surface area contributed by atoms with Crippen LogP contribution in [0.5, 0.6) is 0 Å². The van der Waals surface area contributed by atoms with Gasteiger partial charge in [-0.1, -0.05) is 11.6 Å². The van der Waals surface area contributed by atoms with E-state index in [1.807, 2.05) is 0 Å². The van der Waals surface area contributed by atoms with Gasteiger partial charge in [0.1, 0.15) is 0 Å².